The molecule has 0 saturated heterocycles. The SMILES string of the molecule is O=C1CCC(Oc2c(F)c(F)c(F)c(F)c2F)CC1. The fraction of sp³-hybridized carbons (Fsp3) is 0.417. The van der Waals surface area contributed by atoms with Crippen molar-refractivity contribution in [2.45, 2.75) is 31.8 Å². The van der Waals surface area contributed by atoms with Crippen molar-refractivity contribution in [1.82, 2.24) is 0 Å². The molecule has 19 heavy (non-hydrogen) atoms. The number of hydrogen-bond donors (Lipinski definition) is 0. The number of carbonyl (C=O) groups is 1. The fourth-order valence-corrected chi connectivity index (χ4v) is 1.89. The number of rotatable bonds is 2. The highest BCUT2D eigenvalue weighted by Gasteiger charge is 2.29. The molecule has 2 rings (SSSR count). The fourth-order valence-electron chi connectivity index (χ4n) is 1.89. The highest BCUT2D eigenvalue weighted by Crippen LogP contribution is 2.31. The Labute approximate surface area is 105 Å². The van der Waals surface area contributed by atoms with Crippen LogP contribution in [0.3, 0.4) is 0 Å². The van der Waals surface area contributed by atoms with Gasteiger partial charge < -0.3 is 4.74 Å². The largest absolute Gasteiger partial charge is 0.484 e. The molecule has 1 aromatic rings. The van der Waals surface area contributed by atoms with Gasteiger partial charge >= 0.3 is 0 Å². The lowest BCUT2D eigenvalue weighted by atomic mass is 9.96. The molecule has 2 nitrogen and oxygen atoms in total. The van der Waals surface area contributed by atoms with Crippen molar-refractivity contribution in [2.75, 3.05) is 0 Å². The van der Waals surface area contributed by atoms with Crippen molar-refractivity contribution in [1.29, 1.82) is 0 Å². The van der Waals surface area contributed by atoms with Gasteiger partial charge in [-0.15, -0.1) is 0 Å². The van der Waals surface area contributed by atoms with Gasteiger partial charge in [-0.05, 0) is 12.8 Å². The zero-order chi connectivity index (χ0) is 14.2. The van der Waals surface area contributed by atoms with Gasteiger partial charge in [-0.2, -0.15) is 8.78 Å². The van der Waals surface area contributed by atoms with Gasteiger partial charge in [0, 0.05) is 12.8 Å². The third-order valence-corrected chi connectivity index (χ3v) is 2.94. The first-order valence-corrected chi connectivity index (χ1v) is 5.61. The van der Waals surface area contributed by atoms with Gasteiger partial charge in [-0.1, -0.05) is 0 Å². The number of hydrogen-bond acceptors (Lipinski definition) is 2. The van der Waals surface area contributed by atoms with Gasteiger partial charge in [-0.25, -0.2) is 13.2 Å². The molecule has 7 heteroatoms. The summed E-state index contributed by atoms with van der Waals surface area (Å²) in [6.07, 6.45) is -0.0116. The number of carbonyl (C=O) groups excluding carboxylic acids is 1. The molecule has 0 N–H and O–H groups in total. The van der Waals surface area contributed by atoms with E-state index in [0.29, 0.717) is 0 Å². The standard InChI is InChI=1S/C12H9F5O2/c13-7-8(14)10(16)12(11(17)9(7)15)19-6-3-1-5(18)2-4-6/h6H,1-4H2. The Hall–Kier alpha value is -1.66. The Morgan fingerprint density at radius 1 is 0.789 bits per heavy atom. The molecule has 0 radical (unpaired) electrons. The molecule has 0 aliphatic heterocycles. The van der Waals surface area contributed by atoms with Crippen LogP contribution in [0.15, 0.2) is 0 Å². The number of ketones is 1. The van der Waals surface area contributed by atoms with Crippen LogP contribution in [0.25, 0.3) is 0 Å². The maximum atomic E-state index is 13.3. The Kier molecular flexibility index (Phi) is 3.73. The van der Waals surface area contributed by atoms with Crippen LogP contribution >= 0.6 is 0 Å². The van der Waals surface area contributed by atoms with Crippen LogP contribution < -0.4 is 4.74 Å². The molecule has 0 bridgehead atoms. The van der Waals surface area contributed by atoms with Gasteiger partial charge in [0.05, 0.1) is 6.10 Å². The lowest BCUT2D eigenvalue weighted by Crippen LogP contribution is -2.25. The van der Waals surface area contributed by atoms with Crippen molar-refractivity contribution in [3.63, 3.8) is 0 Å². The summed E-state index contributed by atoms with van der Waals surface area (Å²) in [6.45, 7) is 0. The molecule has 0 spiro atoms. The van der Waals surface area contributed by atoms with Crippen LogP contribution in [0, 0.1) is 29.1 Å². The van der Waals surface area contributed by atoms with Gasteiger partial charge in [-0.3, -0.25) is 4.79 Å². The van der Waals surface area contributed by atoms with Gasteiger partial charge in [0.15, 0.2) is 5.75 Å². The highest BCUT2D eigenvalue weighted by atomic mass is 19.2. The summed E-state index contributed by atoms with van der Waals surface area (Å²) in [4.78, 5) is 11.0. The van der Waals surface area contributed by atoms with E-state index in [1.807, 2.05) is 0 Å². The summed E-state index contributed by atoms with van der Waals surface area (Å²) < 4.78 is 70.1. The molecule has 1 saturated carbocycles. The van der Waals surface area contributed by atoms with Gasteiger partial charge in [0.1, 0.15) is 5.78 Å². The summed E-state index contributed by atoms with van der Waals surface area (Å²) in [5.74, 6) is -11.6. The average Bonchev–Trinajstić information content (AvgIpc) is 2.41. The van der Waals surface area contributed by atoms with Crippen LogP contribution in [0.4, 0.5) is 22.0 Å². The first kappa shape index (κ1) is 13.8. The maximum Gasteiger partial charge on any atom is 0.207 e. The predicted octanol–water partition coefficient (Wildman–Crippen LogP) is 3.27. The second kappa shape index (κ2) is 5.14. The third-order valence-electron chi connectivity index (χ3n) is 2.94. The molecule has 0 amide bonds. The van der Waals surface area contributed by atoms with Crippen LogP contribution in [0.2, 0.25) is 0 Å². The van der Waals surface area contributed by atoms with Crippen molar-refractivity contribution in [3.05, 3.63) is 29.1 Å². The molecular formula is C12H9F5O2. The van der Waals surface area contributed by atoms with E-state index in [4.69, 9.17) is 4.74 Å². The lowest BCUT2D eigenvalue weighted by Gasteiger charge is -2.23. The first-order chi connectivity index (χ1) is 8.91. The molecule has 0 heterocycles. The lowest BCUT2D eigenvalue weighted by molar-refractivity contribution is -0.121. The molecular weight excluding hydrogens is 271 g/mol. The Balaban J connectivity index is 2.28. The number of halogens is 5. The molecule has 104 valence electrons. The van der Waals surface area contributed by atoms with E-state index in [9.17, 15) is 26.7 Å². The molecule has 1 aliphatic rings. The van der Waals surface area contributed by atoms with E-state index in [1.165, 1.54) is 0 Å². The van der Waals surface area contributed by atoms with E-state index < -0.39 is 40.9 Å². The van der Waals surface area contributed by atoms with Gasteiger partial charge in [0.2, 0.25) is 29.1 Å². The second-order valence-corrected chi connectivity index (χ2v) is 4.25. The molecule has 1 aliphatic carbocycles. The maximum absolute atomic E-state index is 13.3. The third kappa shape index (κ3) is 2.54. The van der Waals surface area contributed by atoms with E-state index in [1.54, 1.807) is 0 Å². The highest BCUT2D eigenvalue weighted by molar-refractivity contribution is 5.79. The van der Waals surface area contributed by atoms with Crippen molar-refractivity contribution < 1.29 is 31.5 Å². The Morgan fingerprint density at radius 3 is 1.68 bits per heavy atom. The first-order valence-electron chi connectivity index (χ1n) is 5.61. The number of benzene rings is 1. The summed E-state index contributed by atoms with van der Waals surface area (Å²) in [5, 5.41) is 0. The van der Waals surface area contributed by atoms with Crippen LogP contribution in [0.1, 0.15) is 25.7 Å². The molecule has 1 fully saturated rings. The minimum atomic E-state index is -2.22. The average molecular weight is 280 g/mol. The number of ether oxygens (including phenoxy) is 1. The quantitative estimate of drug-likeness (QED) is 0.472. The zero-order valence-electron chi connectivity index (χ0n) is 9.61. The zero-order valence-corrected chi connectivity index (χ0v) is 9.61. The molecule has 1 aromatic carbocycles. The Morgan fingerprint density at radius 2 is 1.21 bits per heavy atom. The molecule has 0 atom stereocenters. The second-order valence-electron chi connectivity index (χ2n) is 4.25. The summed E-state index contributed by atoms with van der Waals surface area (Å²) in [7, 11) is 0. The smallest absolute Gasteiger partial charge is 0.207 e. The summed E-state index contributed by atoms with van der Waals surface area (Å²) in [6, 6.07) is 0. The van der Waals surface area contributed by atoms with E-state index >= 15 is 0 Å². The van der Waals surface area contributed by atoms with Crippen molar-refractivity contribution in [2.24, 2.45) is 0 Å². The molecule has 0 unspecified atom stereocenters. The monoisotopic (exact) mass is 280 g/mol. The van der Waals surface area contributed by atoms with E-state index in [0.717, 1.165) is 0 Å². The number of Topliss-reactive ketones (excluding diaryl/α,β-unsaturated/α-hetero) is 1. The van der Waals surface area contributed by atoms with Crippen molar-refractivity contribution in [3.8, 4) is 5.75 Å². The van der Waals surface area contributed by atoms with Crippen LogP contribution in [-0.4, -0.2) is 11.9 Å². The van der Waals surface area contributed by atoms with Crippen molar-refractivity contribution >= 4 is 5.78 Å². The van der Waals surface area contributed by atoms with E-state index in [2.05, 4.69) is 0 Å². The normalized spacial score (nSPS) is 16.8. The Bertz CT molecular complexity index is 490. The summed E-state index contributed by atoms with van der Waals surface area (Å²) >= 11 is 0. The van der Waals surface area contributed by atoms with E-state index in [-0.39, 0.29) is 31.5 Å². The van der Waals surface area contributed by atoms with Gasteiger partial charge in [0.25, 0.3) is 0 Å². The van der Waals surface area contributed by atoms with Crippen LogP contribution in [-0.2, 0) is 4.79 Å². The molecule has 0 aromatic heterocycles. The topological polar surface area (TPSA) is 26.3 Å². The summed E-state index contributed by atoms with van der Waals surface area (Å²) in [5.41, 5.74) is 0. The minimum absolute atomic E-state index is 0.0164. The minimum Gasteiger partial charge on any atom is -0.484 e. The predicted molar refractivity (Wildman–Crippen MR) is 54.1 cm³/mol. The van der Waals surface area contributed by atoms with Crippen LogP contribution in [0.5, 0.6) is 5.75 Å².